The van der Waals surface area contributed by atoms with Gasteiger partial charge in [0, 0.05) is 39.8 Å². The lowest BCUT2D eigenvalue weighted by Crippen LogP contribution is -2.50. The summed E-state index contributed by atoms with van der Waals surface area (Å²) in [5.74, 6) is 0.590. The molecule has 3 aromatic rings. The average Bonchev–Trinajstić information content (AvgIpc) is 3.13. The summed E-state index contributed by atoms with van der Waals surface area (Å²) in [6.07, 6.45) is 2.89. The van der Waals surface area contributed by atoms with Crippen LogP contribution < -0.4 is 10.3 Å². The largest absolute Gasteiger partial charge is 0.491 e. The van der Waals surface area contributed by atoms with Crippen molar-refractivity contribution in [1.29, 1.82) is 0 Å². The van der Waals surface area contributed by atoms with E-state index in [1.807, 2.05) is 18.2 Å². The number of hydrogen-bond donors (Lipinski definition) is 0. The number of aryl methyl sites for hydroxylation is 1. The SMILES string of the molecule is Cn1ncc2c(=O)n(CC(=O)N3CCN(CCOc4ccccc4Cl)CC3)cnc21. The van der Waals surface area contributed by atoms with Gasteiger partial charge in [0.1, 0.15) is 30.6 Å². The Hall–Kier alpha value is -2.91. The summed E-state index contributed by atoms with van der Waals surface area (Å²) in [6, 6.07) is 7.40. The van der Waals surface area contributed by atoms with Gasteiger partial charge in [-0.25, -0.2) is 4.98 Å². The van der Waals surface area contributed by atoms with Crippen molar-refractivity contribution in [3.8, 4) is 5.75 Å². The van der Waals surface area contributed by atoms with E-state index in [4.69, 9.17) is 16.3 Å². The van der Waals surface area contributed by atoms with E-state index in [9.17, 15) is 9.59 Å². The minimum atomic E-state index is -0.253. The van der Waals surface area contributed by atoms with Crippen LogP contribution in [-0.4, -0.2) is 74.4 Å². The van der Waals surface area contributed by atoms with E-state index >= 15 is 0 Å². The molecule has 1 aliphatic heterocycles. The number of fused-ring (bicyclic) bond motifs is 1. The van der Waals surface area contributed by atoms with Gasteiger partial charge in [-0.15, -0.1) is 0 Å². The van der Waals surface area contributed by atoms with Gasteiger partial charge >= 0.3 is 0 Å². The van der Waals surface area contributed by atoms with Crippen molar-refractivity contribution in [2.75, 3.05) is 39.3 Å². The van der Waals surface area contributed by atoms with E-state index in [0.717, 1.165) is 19.6 Å². The lowest BCUT2D eigenvalue weighted by atomic mass is 10.3. The van der Waals surface area contributed by atoms with E-state index < -0.39 is 0 Å². The van der Waals surface area contributed by atoms with E-state index in [1.54, 1.807) is 18.0 Å². The Morgan fingerprint density at radius 1 is 1.20 bits per heavy atom. The molecule has 0 bridgehead atoms. The number of halogens is 1. The molecule has 0 N–H and O–H groups in total. The number of carbonyl (C=O) groups excluding carboxylic acids is 1. The fourth-order valence-corrected chi connectivity index (χ4v) is 3.68. The molecule has 9 nitrogen and oxygen atoms in total. The molecule has 158 valence electrons. The fourth-order valence-electron chi connectivity index (χ4n) is 3.49. The summed E-state index contributed by atoms with van der Waals surface area (Å²) in [6.45, 7) is 4.01. The minimum Gasteiger partial charge on any atom is -0.491 e. The normalized spacial score (nSPS) is 14.9. The maximum Gasteiger partial charge on any atom is 0.264 e. The molecule has 0 saturated carbocycles. The van der Waals surface area contributed by atoms with E-state index in [2.05, 4.69) is 15.0 Å². The minimum absolute atomic E-state index is 0.0215. The van der Waals surface area contributed by atoms with Crippen molar-refractivity contribution in [3.63, 3.8) is 0 Å². The molecular weight excluding hydrogens is 408 g/mol. The monoisotopic (exact) mass is 430 g/mol. The quantitative estimate of drug-likeness (QED) is 0.580. The third-order valence-corrected chi connectivity index (χ3v) is 5.56. The zero-order chi connectivity index (χ0) is 21.1. The number of nitrogens with zero attached hydrogens (tertiary/aromatic N) is 6. The third kappa shape index (κ3) is 4.31. The number of aromatic nitrogens is 4. The smallest absolute Gasteiger partial charge is 0.264 e. The molecule has 0 unspecified atom stereocenters. The van der Waals surface area contributed by atoms with Crippen LogP contribution in [0.25, 0.3) is 11.0 Å². The van der Waals surface area contributed by atoms with Gasteiger partial charge in [0.15, 0.2) is 5.65 Å². The van der Waals surface area contributed by atoms with Crippen LogP contribution in [0.2, 0.25) is 5.02 Å². The highest BCUT2D eigenvalue weighted by molar-refractivity contribution is 6.32. The standard InChI is InChI=1S/C20H23ClN6O3/c1-24-19-15(12-23-24)20(29)27(14-22-19)13-18(28)26-8-6-25(7-9-26)10-11-30-17-5-3-2-4-16(17)21/h2-5,12,14H,6-11,13H2,1H3. The van der Waals surface area contributed by atoms with Gasteiger partial charge < -0.3 is 9.64 Å². The molecule has 1 aromatic carbocycles. The van der Waals surface area contributed by atoms with Crippen molar-refractivity contribution in [1.82, 2.24) is 29.1 Å². The van der Waals surface area contributed by atoms with Gasteiger partial charge in [0.2, 0.25) is 5.91 Å². The van der Waals surface area contributed by atoms with E-state index in [0.29, 0.717) is 41.5 Å². The number of rotatable bonds is 6. The topological polar surface area (TPSA) is 85.5 Å². The Balaban J connectivity index is 1.27. The van der Waals surface area contributed by atoms with Crippen molar-refractivity contribution < 1.29 is 9.53 Å². The van der Waals surface area contributed by atoms with Crippen LogP contribution in [0.3, 0.4) is 0 Å². The summed E-state index contributed by atoms with van der Waals surface area (Å²) in [5.41, 5.74) is 0.258. The summed E-state index contributed by atoms with van der Waals surface area (Å²) in [4.78, 5) is 33.5. The van der Waals surface area contributed by atoms with Crippen LogP contribution >= 0.6 is 11.6 Å². The zero-order valence-corrected chi connectivity index (χ0v) is 17.5. The molecule has 4 rings (SSSR count). The molecule has 2 aromatic heterocycles. The third-order valence-electron chi connectivity index (χ3n) is 5.25. The van der Waals surface area contributed by atoms with Crippen LogP contribution in [0.1, 0.15) is 0 Å². The Kier molecular flexibility index (Phi) is 6.01. The predicted octanol–water partition coefficient (Wildman–Crippen LogP) is 1.01. The molecule has 3 heterocycles. The van der Waals surface area contributed by atoms with Crippen LogP contribution in [-0.2, 0) is 18.4 Å². The molecule has 0 spiro atoms. The molecule has 30 heavy (non-hydrogen) atoms. The van der Waals surface area contributed by atoms with Gasteiger partial charge in [-0.3, -0.25) is 23.7 Å². The number of benzene rings is 1. The summed E-state index contributed by atoms with van der Waals surface area (Å²) in [7, 11) is 1.73. The summed E-state index contributed by atoms with van der Waals surface area (Å²) >= 11 is 6.09. The second kappa shape index (κ2) is 8.85. The molecular formula is C20H23ClN6O3. The van der Waals surface area contributed by atoms with Crippen LogP contribution in [0.15, 0.2) is 41.6 Å². The van der Waals surface area contributed by atoms with E-state index in [1.165, 1.54) is 21.8 Å². The van der Waals surface area contributed by atoms with Crippen molar-refractivity contribution in [2.45, 2.75) is 6.54 Å². The Morgan fingerprint density at radius 2 is 1.97 bits per heavy atom. The van der Waals surface area contributed by atoms with Gasteiger partial charge in [-0.05, 0) is 12.1 Å². The second-order valence-corrected chi connectivity index (χ2v) is 7.59. The van der Waals surface area contributed by atoms with Gasteiger partial charge in [-0.2, -0.15) is 5.10 Å². The number of hydrogen-bond acceptors (Lipinski definition) is 6. The summed E-state index contributed by atoms with van der Waals surface area (Å²) in [5, 5.41) is 5.06. The van der Waals surface area contributed by atoms with Crippen LogP contribution in [0.5, 0.6) is 5.75 Å². The molecule has 0 aliphatic carbocycles. The molecule has 1 fully saturated rings. The van der Waals surface area contributed by atoms with Gasteiger partial charge in [-0.1, -0.05) is 23.7 Å². The first-order valence-corrected chi connectivity index (χ1v) is 10.2. The first kappa shape index (κ1) is 20.4. The first-order valence-electron chi connectivity index (χ1n) is 9.77. The van der Waals surface area contributed by atoms with Gasteiger partial charge in [0.05, 0.1) is 11.2 Å². The highest BCUT2D eigenvalue weighted by Gasteiger charge is 2.22. The maximum absolute atomic E-state index is 12.7. The van der Waals surface area contributed by atoms with Crippen molar-refractivity contribution in [2.24, 2.45) is 7.05 Å². The Labute approximate surface area is 178 Å². The molecule has 0 radical (unpaired) electrons. The lowest BCUT2D eigenvalue weighted by Gasteiger charge is -2.34. The van der Waals surface area contributed by atoms with Gasteiger partial charge in [0.25, 0.3) is 5.56 Å². The average molecular weight is 431 g/mol. The number of carbonyl (C=O) groups is 1. The Bertz CT molecular complexity index is 1100. The molecule has 1 aliphatic rings. The zero-order valence-electron chi connectivity index (χ0n) is 16.7. The number of amides is 1. The van der Waals surface area contributed by atoms with Crippen LogP contribution in [0.4, 0.5) is 0 Å². The fraction of sp³-hybridized carbons (Fsp3) is 0.400. The molecule has 0 atom stereocenters. The number of para-hydroxylation sites is 1. The number of piperazine rings is 1. The summed E-state index contributed by atoms with van der Waals surface area (Å²) < 4.78 is 8.62. The van der Waals surface area contributed by atoms with E-state index in [-0.39, 0.29) is 18.0 Å². The van der Waals surface area contributed by atoms with Crippen molar-refractivity contribution >= 4 is 28.5 Å². The lowest BCUT2D eigenvalue weighted by molar-refractivity contribution is -0.133. The number of ether oxygens (including phenoxy) is 1. The first-order chi connectivity index (χ1) is 14.5. The molecule has 1 amide bonds. The highest BCUT2D eigenvalue weighted by atomic mass is 35.5. The highest BCUT2D eigenvalue weighted by Crippen LogP contribution is 2.22. The molecule has 1 saturated heterocycles. The maximum atomic E-state index is 12.7. The van der Waals surface area contributed by atoms with Crippen LogP contribution in [0, 0.1) is 0 Å². The van der Waals surface area contributed by atoms with Crippen molar-refractivity contribution in [3.05, 3.63) is 52.2 Å². The predicted molar refractivity (Wildman–Crippen MR) is 113 cm³/mol. The second-order valence-electron chi connectivity index (χ2n) is 7.18. The molecule has 10 heteroatoms. The Morgan fingerprint density at radius 3 is 2.73 bits per heavy atom.